The Labute approximate surface area is 151 Å². The molecule has 2 amide bonds. The van der Waals surface area contributed by atoms with E-state index in [2.05, 4.69) is 10.4 Å². The zero-order valence-electron chi connectivity index (χ0n) is 14.2. The maximum Gasteiger partial charge on any atom is 0.232 e. The summed E-state index contributed by atoms with van der Waals surface area (Å²) < 4.78 is 1.86. The highest BCUT2D eigenvalue weighted by Gasteiger charge is 2.25. The highest BCUT2D eigenvalue weighted by molar-refractivity contribution is 8.00. The molecule has 1 N–H and O–H groups in total. The SMILES string of the molecule is CC(=O)Nc1ccnn1C1CCN(C(=O)CSc2ccccc2)CC1. The molecule has 0 unspecified atom stereocenters. The van der Waals surface area contributed by atoms with E-state index in [-0.39, 0.29) is 17.9 Å². The van der Waals surface area contributed by atoms with E-state index < -0.39 is 0 Å². The minimum absolute atomic E-state index is 0.104. The van der Waals surface area contributed by atoms with Gasteiger partial charge in [0.25, 0.3) is 0 Å². The van der Waals surface area contributed by atoms with E-state index in [9.17, 15) is 9.59 Å². The van der Waals surface area contributed by atoms with Gasteiger partial charge in [-0.3, -0.25) is 9.59 Å². The standard InChI is InChI=1S/C18H22N4O2S/c1-14(23)20-17-7-10-19-22(17)15-8-11-21(12-9-15)18(24)13-25-16-5-3-2-4-6-16/h2-7,10,15H,8-9,11-13H2,1H3,(H,20,23). The van der Waals surface area contributed by atoms with E-state index >= 15 is 0 Å². The molecule has 0 saturated carbocycles. The molecular weight excluding hydrogens is 336 g/mol. The van der Waals surface area contributed by atoms with Gasteiger partial charge >= 0.3 is 0 Å². The fourth-order valence-electron chi connectivity index (χ4n) is 3.00. The Balaban J connectivity index is 1.51. The van der Waals surface area contributed by atoms with Crippen LogP contribution in [0.5, 0.6) is 0 Å². The van der Waals surface area contributed by atoms with Gasteiger partial charge in [0.05, 0.1) is 18.0 Å². The molecule has 7 heteroatoms. The molecule has 132 valence electrons. The quantitative estimate of drug-likeness (QED) is 0.835. The van der Waals surface area contributed by atoms with Crippen LogP contribution in [0, 0.1) is 0 Å². The fraction of sp³-hybridized carbons (Fsp3) is 0.389. The van der Waals surface area contributed by atoms with Crippen LogP contribution >= 0.6 is 11.8 Å². The minimum Gasteiger partial charge on any atom is -0.342 e. The van der Waals surface area contributed by atoms with Gasteiger partial charge in [0.1, 0.15) is 5.82 Å². The van der Waals surface area contributed by atoms with Crippen LogP contribution in [0.2, 0.25) is 0 Å². The normalized spacial score (nSPS) is 15.2. The zero-order valence-corrected chi connectivity index (χ0v) is 15.0. The number of carbonyl (C=O) groups is 2. The first-order chi connectivity index (χ1) is 12.1. The lowest BCUT2D eigenvalue weighted by molar-refractivity contribution is -0.129. The lowest BCUT2D eigenvalue weighted by Crippen LogP contribution is -2.40. The van der Waals surface area contributed by atoms with Crippen molar-refractivity contribution in [3.63, 3.8) is 0 Å². The third-order valence-corrected chi connectivity index (χ3v) is 5.24. The summed E-state index contributed by atoms with van der Waals surface area (Å²) in [7, 11) is 0. The van der Waals surface area contributed by atoms with Gasteiger partial charge in [0.15, 0.2) is 0 Å². The lowest BCUT2D eigenvalue weighted by Gasteiger charge is -2.32. The van der Waals surface area contributed by atoms with Crippen LogP contribution in [0.25, 0.3) is 0 Å². The van der Waals surface area contributed by atoms with Crippen LogP contribution in [0.4, 0.5) is 5.82 Å². The molecule has 6 nitrogen and oxygen atoms in total. The number of hydrogen-bond acceptors (Lipinski definition) is 4. The Bertz CT molecular complexity index is 724. The number of rotatable bonds is 5. The number of nitrogens with zero attached hydrogens (tertiary/aromatic N) is 3. The highest BCUT2D eigenvalue weighted by Crippen LogP contribution is 2.26. The molecule has 1 aliphatic rings. The van der Waals surface area contributed by atoms with Crippen molar-refractivity contribution in [1.82, 2.24) is 14.7 Å². The van der Waals surface area contributed by atoms with Crippen LogP contribution in [0.1, 0.15) is 25.8 Å². The number of thioether (sulfide) groups is 1. The van der Waals surface area contributed by atoms with Crippen LogP contribution in [-0.4, -0.2) is 45.3 Å². The summed E-state index contributed by atoms with van der Waals surface area (Å²) in [4.78, 5) is 26.7. The third kappa shape index (κ3) is 4.63. The molecule has 25 heavy (non-hydrogen) atoms. The van der Waals surface area contributed by atoms with Crippen molar-refractivity contribution in [3.8, 4) is 0 Å². The van der Waals surface area contributed by atoms with Gasteiger partial charge in [-0.2, -0.15) is 5.10 Å². The molecule has 1 aromatic carbocycles. The number of anilines is 1. The summed E-state index contributed by atoms with van der Waals surface area (Å²) in [5.41, 5.74) is 0. The Hall–Kier alpha value is -2.28. The van der Waals surface area contributed by atoms with Crippen molar-refractivity contribution in [3.05, 3.63) is 42.6 Å². The Morgan fingerprint density at radius 2 is 1.92 bits per heavy atom. The van der Waals surface area contributed by atoms with Crippen LogP contribution in [-0.2, 0) is 9.59 Å². The van der Waals surface area contributed by atoms with Gasteiger partial charge in [-0.05, 0) is 25.0 Å². The molecule has 0 bridgehead atoms. The first kappa shape index (κ1) is 17.5. The smallest absolute Gasteiger partial charge is 0.232 e. The number of hydrogen-bond donors (Lipinski definition) is 1. The number of piperidine rings is 1. The predicted molar refractivity (Wildman–Crippen MR) is 98.5 cm³/mol. The van der Waals surface area contributed by atoms with Gasteiger partial charge in [-0.1, -0.05) is 18.2 Å². The molecule has 3 rings (SSSR count). The van der Waals surface area contributed by atoms with Gasteiger partial charge in [-0.15, -0.1) is 11.8 Å². The molecule has 0 radical (unpaired) electrons. The largest absolute Gasteiger partial charge is 0.342 e. The number of amides is 2. The van der Waals surface area contributed by atoms with Crippen molar-refractivity contribution in [1.29, 1.82) is 0 Å². The van der Waals surface area contributed by atoms with Crippen molar-refractivity contribution >= 4 is 29.4 Å². The zero-order chi connectivity index (χ0) is 17.6. The number of aromatic nitrogens is 2. The monoisotopic (exact) mass is 358 g/mol. The molecule has 1 aromatic heterocycles. The summed E-state index contributed by atoms with van der Waals surface area (Å²) in [6.07, 6.45) is 3.38. The molecule has 1 saturated heterocycles. The second kappa shape index (κ2) is 8.20. The average molecular weight is 358 g/mol. The topological polar surface area (TPSA) is 67.2 Å². The third-order valence-electron chi connectivity index (χ3n) is 4.24. The maximum absolute atomic E-state index is 12.4. The van der Waals surface area contributed by atoms with E-state index in [1.807, 2.05) is 39.9 Å². The summed E-state index contributed by atoms with van der Waals surface area (Å²) in [6, 6.07) is 12.0. The molecule has 0 atom stereocenters. The van der Waals surface area contributed by atoms with Gasteiger partial charge in [0, 0.05) is 31.0 Å². The molecule has 0 aliphatic carbocycles. The van der Waals surface area contributed by atoms with Crippen molar-refractivity contribution < 1.29 is 9.59 Å². The van der Waals surface area contributed by atoms with Crippen LogP contribution in [0.3, 0.4) is 0 Å². The first-order valence-electron chi connectivity index (χ1n) is 8.40. The van der Waals surface area contributed by atoms with Crippen molar-refractivity contribution in [2.45, 2.75) is 30.7 Å². The molecule has 0 spiro atoms. The average Bonchev–Trinajstić information content (AvgIpc) is 3.08. The molecule has 1 aliphatic heterocycles. The van der Waals surface area contributed by atoms with Crippen molar-refractivity contribution in [2.75, 3.05) is 24.2 Å². The first-order valence-corrected chi connectivity index (χ1v) is 9.39. The summed E-state index contributed by atoms with van der Waals surface area (Å²) in [5, 5.41) is 7.13. The fourth-order valence-corrected chi connectivity index (χ4v) is 3.82. The molecule has 2 aromatic rings. The second-order valence-electron chi connectivity index (χ2n) is 6.06. The van der Waals surface area contributed by atoms with Crippen LogP contribution in [0.15, 0.2) is 47.5 Å². The second-order valence-corrected chi connectivity index (χ2v) is 7.10. The van der Waals surface area contributed by atoms with E-state index in [0.717, 1.165) is 36.6 Å². The van der Waals surface area contributed by atoms with E-state index in [0.29, 0.717) is 5.75 Å². The number of likely N-dealkylation sites (tertiary alicyclic amines) is 1. The summed E-state index contributed by atoms with van der Waals surface area (Å²) in [6.45, 7) is 2.93. The predicted octanol–water partition coefficient (Wildman–Crippen LogP) is 2.80. The Kier molecular flexibility index (Phi) is 5.75. The van der Waals surface area contributed by atoms with Gasteiger partial charge < -0.3 is 10.2 Å². The van der Waals surface area contributed by atoms with E-state index in [1.165, 1.54) is 6.92 Å². The lowest BCUT2D eigenvalue weighted by atomic mass is 10.1. The molecule has 2 heterocycles. The Morgan fingerprint density at radius 1 is 1.20 bits per heavy atom. The van der Waals surface area contributed by atoms with E-state index in [1.54, 1.807) is 24.0 Å². The number of nitrogens with one attached hydrogen (secondary N) is 1. The number of benzene rings is 1. The van der Waals surface area contributed by atoms with Crippen molar-refractivity contribution in [2.24, 2.45) is 0 Å². The van der Waals surface area contributed by atoms with Crippen LogP contribution < -0.4 is 5.32 Å². The molecular formula is C18H22N4O2S. The highest BCUT2D eigenvalue weighted by atomic mass is 32.2. The maximum atomic E-state index is 12.4. The summed E-state index contributed by atoms with van der Waals surface area (Å²) in [5.74, 6) is 1.26. The van der Waals surface area contributed by atoms with E-state index in [4.69, 9.17) is 0 Å². The number of carbonyl (C=O) groups excluding carboxylic acids is 2. The van der Waals surface area contributed by atoms with Gasteiger partial charge in [-0.25, -0.2) is 4.68 Å². The Morgan fingerprint density at radius 3 is 2.60 bits per heavy atom. The summed E-state index contributed by atoms with van der Waals surface area (Å²) >= 11 is 1.57. The van der Waals surface area contributed by atoms with Gasteiger partial charge in [0.2, 0.25) is 11.8 Å². The molecule has 1 fully saturated rings. The minimum atomic E-state index is -0.104.